The monoisotopic (exact) mass is 419 g/mol. The average molecular weight is 420 g/mol. The van der Waals surface area contributed by atoms with Crippen molar-refractivity contribution >= 4 is 15.7 Å². The van der Waals surface area contributed by atoms with E-state index in [1.165, 1.54) is 4.57 Å². The third kappa shape index (κ3) is 4.29. The van der Waals surface area contributed by atoms with Gasteiger partial charge in [0.05, 0.1) is 11.5 Å². The highest BCUT2D eigenvalue weighted by Gasteiger charge is 2.38. The Hall–Kier alpha value is -2.42. The molecule has 8 nitrogen and oxygen atoms in total. The van der Waals surface area contributed by atoms with Gasteiger partial charge in [-0.3, -0.25) is 9.32 Å². The summed E-state index contributed by atoms with van der Waals surface area (Å²) in [5, 5.41) is 3.84. The van der Waals surface area contributed by atoms with Crippen LogP contribution in [0.4, 0.5) is 0 Å². The van der Waals surface area contributed by atoms with Gasteiger partial charge in [-0.15, -0.1) is 0 Å². The van der Waals surface area contributed by atoms with Crippen molar-refractivity contribution in [2.24, 2.45) is 0 Å². The van der Waals surface area contributed by atoms with E-state index in [1.807, 2.05) is 18.2 Å². The number of aromatic nitrogens is 2. The van der Waals surface area contributed by atoms with Gasteiger partial charge in [-0.05, 0) is 19.3 Å². The summed E-state index contributed by atoms with van der Waals surface area (Å²) >= 11 is 0. The lowest BCUT2D eigenvalue weighted by molar-refractivity contribution is -0.137. The zero-order chi connectivity index (χ0) is 20.4. The lowest BCUT2D eigenvalue weighted by Gasteiger charge is -2.38. The summed E-state index contributed by atoms with van der Waals surface area (Å²) in [5.74, 6) is -0.538. The molecule has 1 saturated carbocycles. The van der Waals surface area contributed by atoms with Crippen LogP contribution in [0.2, 0.25) is 0 Å². The number of sulfone groups is 1. The molecule has 0 spiro atoms. The summed E-state index contributed by atoms with van der Waals surface area (Å²) in [6, 6.07) is 8.76. The molecule has 1 atom stereocenters. The topological polar surface area (TPSA) is 102 Å². The van der Waals surface area contributed by atoms with Gasteiger partial charge in [-0.1, -0.05) is 54.8 Å². The second kappa shape index (κ2) is 8.14. The molecule has 1 unspecified atom stereocenters. The summed E-state index contributed by atoms with van der Waals surface area (Å²) in [6.45, 7) is -0.209. The fourth-order valence-corrected chi connectivity index (χ4v) is 6.19. The first-order valence-corrected chi connectivity index (χ1v) is 11.9. The van der Waals surface area contributed by atoms with E-state index in [-0.39, 0.29) is 36.0 Å². The predicted molar refractivity (Wildman–Crippen MR) is 107 cm³/mol. The Labute approximate surface area is 169 Å². The zero-order valence-corrected chi connectivity index (χ0v) is 17.0. The van der Waals surface area contributed by atoms with Gasteiger partial charge in [0, 0.05) is 17.6 Å². The van der Waals surface area contributed by atoms with E-state index in [0.717, 1.165) is 32.1 Å². The van der Waals surface area contributed by atoms with Crippen LogP contribution in [-0.4, -0.2) is 52.5 Å². The van der Waals surface area contributed by atoms with E-state index in [9.17, 15) is 18.0 Å². The Morgan fingerprint density at radius 3 is 2.48 bits per heavy atom. The summed E-state index contributed by atoms with van der Waals surface area (Å²) in [4.78, 5) is 27.3. The van der Waals surface area contributed by atoms with Gasteiger partial charge in [0.25, 0.3) is 0 Å². The van der Waals surface area contributed by atoms with Crippen molar-refractivity contribution in [3.05, 3.63) is 40.9 Å². The van der Waals surface area contributed by atoms with Crippen LogP contribution in [0.5, 0.6) is 0 Å². The second-order valence-electron chi connectivity index (χ2n) is 7.87. The summed E-state index contributed by atoms with van der Waals surface area (Å²) in [6.07, 6.45) is 5.37. The molecular formula is C20H25N3O5S. The molecule has 1 aromatic heterocycles. The van der Waals surface area contributed by atoms with E-state index >= 15 is 0 Å². The van der Waals surface area contributed by atoms with Crippen LogP contribution in [-0.2, 0) is 21.2 Å². The summed E-state index contributed by atoms with van der Waals surface area (Å²) in [7, 11) is -3.13. The van der Waals surface area contributed by atoms with Gasteiger partial charge >= 0.3 is 5.76 Å². The maximum Gasteiger partial charge on any atom is 0.442 e. The molecule has 0 N–H and O–H groups in total. The maximum absolute atomic E-state index is 13.3. The molecule has 0 bridgehead atoms. The smallest absolute Gasteiger partial charge is 0.334 e. The number of hydrogen-bond acceptors (Lipinski definition) is 6. The Morgan fingerprint density at radius 1 is 1.10 bits per heavy atom. The molecular weight excluding hydrogens is 394 g/mol. The minimum absolute atomic E-state index is 0.000676. The van der Waals surface area contributed by atoms with Gasteiger partial charge in [0.15, 0.2) is 15.7 Å². The van der Waals surface area contributed by atoms with Gasteiger partial charge < -0.3 is 4.90 Å². The molecule has 2 heterocycles. The third-order valence-corrected chi connectivity index (χ3v) is 7.62. The third-order valence-electron chi connectivity index (χ3n) is 5.87. The van der Waals surface area contributed by atoms with Crippen molar-refractivity contribution in [3.63, 3.8) is 0 Å². The maximum atomic E-state index is 13.3. The average Bonchev–Trinajstić information content (AvgIpc) is 3.26. The minimum atomic E-state index is -3.13. The van der Waals surface area contributed by atoms with Crippen LogP contribution in [0.25, 0.3) is 11.4 Å². The summed E-state index contributed by atoms with van der Waals surface area (Å²) in [5.41, 5.74) is 0.679. The Bertz CT molecular complexity index is 1020. The number of carbonyl (C=O) groups excluding carboxylic acids is 1. The SMILES string of the molecule is O=C(Cn1c(-c2ccccc2)noc1=O)N(C1CCCCC1)C1CCS(=O)(=O)C1. The summed E-state index contributed by atoms with van der Waals surface area (Å²) < 4.78 is 30.1. The van der Waals surface area contributed by atoms with Crippen LogP contribution < -0.4 is 5.76 Å². The molecule has 9 heteroatoms. The zero-order valence-electron chi connectivity index (χ0n) is 16.2. The molecule has 29 heavy (non-hydrogen) atoms. The van der Waals surface area contributed by atoms with Gasteiger partial charge in [-0.2, -0.15) is 0 Å². The largest absolute Gasteiger partial charge is 0.442 e. The van der Waals surface area contributed by atoms with Crippen molar-refractivity contribution in [1.29, 1.82) is 0 Å². The van der Waals surface area contributed by atoms with E-state index in [1.54, 1.807) is 17.0 Å². The molecule has 1 amide bonds. The van der Waals surface area contributed by atoms with Crippen LogP contribution in [0.1, 0.15) is 38.5 Å². The van der Waals surface area contributed by atoms with Crippen molar-refractivity contribution < 1.29 is 17.7 Å². The second-order valence-corrected chi connectivity index (χ2v) is 10.1. The quantitative estimate of drug-likeness (QED) is 0.733. The first-order valence-electron chi connectivity index (χ1n) is 10.1. The minimum Gasteiger partial charge on any atom is -0.334 e. The van der Waals surface area contributed by atoms with Crippen molar-refractivity contribution in [2.45, 2.75) is 57.2 Å². The number of amides is 1. The van der Waals surface area contributed by atoms with Crippen LogP contribution in [0.15, 0.2) is 39.6 Å². The van der Waals surface area contributed by atoms with Crippen LogP contribution in [0, 0.1) is 0 Å². The van der Waals surface area contributed by atoms with Crippen molar-refractivity contribution in [1.82, 2.24) is 14.6 Å². The van der Waals surface area contributed by atoms with E-state index in [4.69, 9.17) is 4.52 Å². The highest BCUT2D eigenvalue weighted by atomic mass is 32.2. The molecule has 1 aliphatic carbocycles. The van der Waals surface area contributed by atoms with E-state index in [0.29, 0.717) is 17.8 Å². The molecule has 4 rings (SSSR count). The molecule has 1 aliphatic heterocycles. The molecule has 2 aromatic rings. The highest BCUT2D eigenvalue weighted by Crippen LogP contribution is 2.29. The molecule has 1 aromatic carbocycles. The number of hydrogen-bond donors (Lipinski definition) is 0. The van der Waals surface area contributed by atoms with Crippen LogP contribution in [0.3, 0.4) is 0 Å². The Kier molecular flexibility index (Phi) is 5.58. The molecule has 156 valence electrons. The first-order chi connectivity index (χ1) is 13.9. The fourth-order valence-electron chi connectivity index (χ4n) is 4.48. The standard InChI is InChI=1S/C20H25N3O5S/c24-18(13-22-19(21-28-20(22)25)15-7-3-1-4-8-15)23(16-9-5-2-6-10-16)17-11-12-29(26,27)14-17/h1,3-4,7-8,16-17H,2,5-6,9-14H2. The Balaban J connectivity index is 1.62. The fraction of sp³-hybridized carbons (Fsp3) is 0.550. The lowest BCUT2D eigenvalue weighted by Crippen LogP contribution is -2.50. The molecule has 2 aliphatic rings. The predicted octanol–water partition coefficient (Wildman–Crippen LogP) is 1.85. The molecule has 1 saturated heterocycles. The number of carbonyl (C=O) groups is 1. The van der Waals surface area contributed by atoms with Crippen LogP contribution >= 0.6 is 0 Å². The number of rotatable bonds is 5. The van der Waals surface area contributed by atoms with E-state index < -0.39 is 15.6 Å². The number of nitrogens with zero attached hydrogens (tertiary/aromatic N) is 3. The molecule has 2 fully saturated rings. The molecule has 0 radical (unpaired) electrons. The van der Waals surface area contributed by atoms with Gasteiger partial charge in [-0.25, -0.2) is 17.8 Å². The van der Waals surface area contributed by atoms with Crippen molar-refractivity contribution in [2.75, 3.05) is 11.5 Å². The van der Waals surface area contributed by atoms with E-state index in [2.05, 4.69) is 5.16 Å². The lowest BCUT2D eigenvalue weighted by atomic mass is 9.93. The Morgan fingerprint density at radius 2 is 1.83 bits per heavy atom. The van der Waals surface area contributed by atoms with Gasteiger partial charge in [0.2, 0.25) is 5.91 Å². The number of benzene rings is 1. The normalized spacial score (nSPS) is 21.9. The van der Waals surface area contributed by atoms with Gasteiger partial charge in [0.1, 0.15) is 6.54 Å². The first kappa shape index (κ1) is 19.9. The van der Waals surface area contributed by atoms with Crippen molar-refractivity contribution in [3.8, 4) is 11.4 Å². The highest BCUT2D eigenvalue weighted by molar-refractivity contribution is 7.91.